The molecule has 3 aromatic rings. The molecule has 0 amide bonds. The van der Waals surface area contributed by atoms with Crippen molar-refractivity contribution in [1.29, 1.82) is 0 Å². The largest absolute Gasteiger partial charge is 1.00 e. The molecule has 0 spiro atoms. The molecule has 0 unspecified atom stereocenters. The topological polar surface area (TPSA) is 47.9 Å². The van der Waals surface area contributed by atoms with Crippen molar-refractivity contribution < 1.29 is 40.8 Å². The molecule has 0 saturated carbocycles. The number of aliphatic hydroxyl groups excluding tert-OH is 1. The van der Waals surface area contributed by atoms with Crippen molar-refractivity contribution in [3.05, 3.63) is 95.1 Å². The number of aliphatic hydroxyl groups is 1. The highest BCUT2D eigenvalue weighted by Gasteiger charge is 2.27. The van der Waals surface area contributed by atoms with Crippen molar-refractivity contribution in [2.75, 3.05) is 40.5 Å². The van der Waals surface area contributed by atoms with E-state index in [4.69, 9.17) is 19.3 Å². The van der Waals surface area contributed by atoms with Gasteiger partial charge in [0, 0.05) is 5.56 Å². The van der Waals surface area contributed by atoms with Gasteiger partial charge in [-0.3, -0.25) is 0 Å². The monoisotopic (exact) mass is 627 g/mol. The van der Waals surface area contributed by atoms with Crippen LogP contribution in [0.5, 0.6) is 11.5 Å². The van der Waals surface area contributed by atoms with Crippen LogP contribution in [-0.4, -0.2) is 50.1 Å². The van der Waals surface area contributed by atoms with Gasteiger partial charge in [-0.1, -0.05) is 83.1 Å². The summed E-state index contributed by atoms with van der Waals surface area (Å²) < 4.78 is 18.5. The van der Waals surface area contributed by atoms with Gasteiger partial charge in [0.25, 0.3) is 0 Å². The van der Waals surface area contributed by atoms with E-state index in [2.05, 4.69) is 97.2 Å². The number of rotatable bonds is 15. The molecule has 0 aliphatic heterocycles. The van der Waals surface area contributed by atoms with Gasteiger partial charge < -0.3 is 40.8 Å². The average molecular weight is 629 g/mol. The summed E-state index contributed by atoms with van der Waals surface area (Å²) in [6.07, 6.45) is 1.13. The third kappa shape index (κ3) is 12.6. The molecule has 0 heterocycles. The third-order valence-electron chi connectivity index (χ3n) is 7.09. The molecule has 6 heteroatoms. The second-order valence-corrected chi connectivity index (χ2v) is 13.3. The average Bonchev–Trinajstić information content (AvgIpc) is 2.89. The Labute approximate surface area is 258 Å². The fraction of sp³-hybridized carbons (Fsp3) is 0.486. The summed E-state index contributed by atoms with van der Waals surface area (Å²) in [6.45, 7) is 15.8. The molecule has 0 atom stereocenters. The van der Waals surface area contributed by atoms with E-state index in [-0.39, 0.29) is 29.0 Å². The lowest BCUT2D eigenvalue weighted by molar-refractivity contribution is -0.904. The molecule has 0 aliphatic carbocycles. The zero-order valence-corrected chi connectivity index (χ0v) is 27.7. The summed E-state index contributed by atoms with van der Waals surface area (Å²) in [7, 11) is 4.46. The zero-order chi connectivity index (χ0) is 29.2. The van der Waals surface area contributed by atoms with Gasteiger partial charge in [0.05, 0.1) is 33.9 Å². The van der Waals surface area contributed by atoms with Crippen molar-refractivity contribution in [1.82, 2.24) is 0 Å². The quantitative estimate of drug-likeness (QED) is 0.203. The molecular formula is C35H50BrNO4. The fourth-order valence-corrected chi connectivity index (χ4v) is 5.23. The van der Waals surface area contributed by atoms with Crippen LogP contribution >= 0.6 is 0 Å². The molecule has 3 rings (SSSR count). The van der Waals surface area contributed by atoms with Crippen molar-refractivity contribution in [3.8, 4) is 11.5 Å². The summed E-state index contributed by atoms with van der Waals surface area (Å²) in [5, 5.41) is 9.16. The smallest absolute Gasteiger partial charge is 0.119 e. The maximum Gasteiger partial charge on any atom is 0.119 e. The van der Waals surface area contributed by atoms with E-state index in [9.17, 15) is 0 Å². The van der Waals surface area contributed by atoms with Gasteiger partial charge >= 0.3 is 0 Å². The molecule has 5 nitrogen and oxygen atoms in total. The Morgan fingerprint density at radius 2 is 1.20 bits per heavy atom. The molecule has 3 aromatic carbocycles. The van der Waals surface area contributed by atoms with Crippen LogP contribution in [0, 0.1) is 5.41 Å². The Morgan fingerprint density at radius 3 is 1.78 bits per heavy atom. The van der Waals surface area contributed by atoms with E-state index in [1.54, 1.807) is 0 Å². The van der Waals surface area contributed by atoms with Crippen LogP contribution in [0.4, 0.5) is 0 Å². The predicted octanol–water partition coefficient (Wildman–Crippen LogP) is 4.15. The van der Waals surface area contributed by atoms with Crippen molar-refractivity contribution in [3.63, 3.8) is 0 Å². The van der Waals surface area contributed by atoms with E-state index in [1.807, 2.05) is 24.3 Å². The van der Waals surface area contributed by atoms with Gasteiger partial charge in [-0.15, -0.1) is 0 Å². The first-order valence-electron chi connectivity index (χ1n) is 14.4. The molecule has 226 valence electrons. The van der Waals surface area contributed by atoms with Crippen molar-refractivity contribution >= 4 is 0 Å². The van der Waals surface area contributed by atoms with Gasteiger partial charge in [-0.05, 0) is 58.2 Å². The molecule has 0 radical (unpaired) electrons. The Kier molecular flexibility index (Phi) is 13.4. The molecule has 41 heavy (non-hydrogen) atoms. The van der Waals surface area contributed by atoms with Gasteiger partial charge in [0.2, 0.25) is 0 Å². The lowest BCUT2D eigenvalue weighted by Gasteiger charge is -2.33. The lowest BCUT2D eigenvalue weighted by atomic mass is 9.72. The number of ether oxygens (including phenoxy) is 3. The van der Waals surface area contributed by atoms with Crippen LogP contribution in [0.1, 0.15) is 63.3 Å². The maximum atomic E-state index is 9.16. The normalized spacial score (nSPS) is 12.1. The maximum absolute atomic E-state index is 9.16. The highest BCUT2D eigenvalue weighted by molar-refractivity contribution is 5.32. The number of nitrogens with zero attached hydrogens (tertiary/aromatic N) is 1. The summed E-state index contributed by atoms with van der Waals surface area (Å²) in [5.74, 6) is 1.70. The number of halogens is 1. The third-order valence-corrected chi connectivity index (χ3v) is 7.09. The highest BCUT2D eigenvalue weighted by Crippen LogP contribution is 2.36. The first-order valence-corrected chi connectivity index (χ1v) is 14.4. The van der Waals surface area contributed by atoms with Crippen LogP contribution in [0.3, 0.4) is 0 Å². The summed E-state index contributed by atoms with van der Waals surface area (Å²) >= 11 is 0. The molecule has 0 aromatic heterocycles. The summed E-state index contributed by atoms with van der Waals surface area (Å²) in [4.78, 5) is 0. The number of quaternary nitrogens is 1. The van der Waals surface area contributed by atoms with Crippen LogP contribution < -0.4 is 26.5 Å². The minimum Gasteiger partial charge on any atom is -1.00 e. The molecule has 1 N–H and O–H groups in total. The molecule has 0 bridgehead atoms. The Balaban J connectivity index is 0.00000588. The summed E-state index contributed by atoms with van der Waals surface area (Å²) in [6, 6.07) is 24.7. The SMILES string of the molecule is CC(C)(C)CC(C)(C)c1ccc(OCCOCC[N+](C)(C)Cc2ccc(COc3ccc(CO)cc3)cc2)cc1.[Br-]. The summed E-state index contributed by atoms with van der Waals surface area (Å²) in [5.41, 5.74) is 5.08. The van der Waals surface area contributed by atoms with Crippen molar-refractivity contribution in [2.45, 2.75) is 66.2 Å². The second kappa shape index (κ2) is 15.7. The van der Waals surface area contributed by atoms with Crippen LogP contribution in [0.25, 0.3) is 0 Å². The van der Waals surface area contributed by atoms with E-state index >= 15 is 0 Å². The first kappa shape index (κ1) is 34.8. The second-order valence-electron chi connectivity index (χ2n) is 13.3. The lowest BCUT2D eigenvalue weighted by Crippen LogP contribution is -3.00. The fourth-order valence-electron chi connectivity index (χ4n) is 5.23. The predicted molar refractivity (Wildman–Crippen MR) is 164 cm³/mol. The molecule has 0 fully saturated rings. The van der Waals surface area contributed by atoms with E-state index < -0.39 is 0 Å². The molecule has 0 aliphatic rings. The minimum absolute atomic E-state index is 0. The minimum atomic E-state index is 0. The molecular weight excluding hydrogens is 578 g/mol. The molecule has 0 saturated heterocycles. The number of likely N-dealkylation sites (N-methyl/N-ethyl adjacent to an activating group) is 1. The van der Waals surface area contributed by atoms with Gasteiger partial charge in [-0.2, -0.15) is 0 Å². The van der Waals surface area contributed by atoms with Crippen LogP contribution in [0.15, 0.2) is 72.8 Å². The Bertz CT molecular complexity index is 1150. The number of hydrogen-bond donors (Lipinski definition) is 1. The van der Waals surface area contributed by atoms with E-state index in [0.717, 1.165) is 46.6 Å². The van der Waals surface area contributed by atoms with E-state index in [1.165, 1.54) is 11.1 Å². The Hall–Kier alpha value is -2.38. The van der Waals surface area contributed by atoms with Gasteiger partial charge in [0.15, 0.2) is 0 Å². The van der Waals surface area contributed by atoms with Crippen LogP contribution in [-0.2, 0) is 29.9 Å². The number of hydrogen-bond acceptors (Lipinski definition) is 4. The van der Waals surface area contributed by atoms with E-state index in [0.29, 0.717) is 31.8 Å². The zero-order valence-electron chi connectivity index (χ0n) is 26.1. The van der Waals surface area contributed by atoms with Gasteiger partial charge in [0.1, 0.15) is 37.8 Å². The number of benzene rings is 3. The van der Waals surface area contributed by atoms with Gasteiger partial charge in [-0.25, -0.2) is 0 Å². The Morgan fingerprint density at radius 1 is 0.659 bits per heavy atom. The standard InChI is InChI=1S/C35H50NO4.BrH/c1-34(2,3)27-35(4,5)31-14-18-32(19-15-31)39-23-22-38-21-20-36(6,7)24-28-8-10-30(11-9-28)26-40-33-16-12-29(25-37)13-17-33;/h8-19,37H,20-27H2,1-7H3;1H/q+1;/p-1. The first-order chi connectivity index (χ1) is 18.9. The van der Waals surface area contributed by atoms with Crippen molar-refractivity contribution in [2.24, 2.45) is 5.41 Å². The van der Waals surface area contributed by atoms with Crippen LogP contribution in [0.2, 0.25) is 0 Å². The highest BCUT2D eigenvalue weighted by atomic mass is 79.9.